The molecule has 2 heterocycles. The number of carbonyl (C=O) groups is 2. The summed E-state index contributed by atoms with van der Waals surface area (Å²) in [6.45, 7) is 1.69. The molecule has 1 aliphatic heterocycles. The second-order valence-electron chi connectivity index (χ2n) is 7.01. The van der Waals surface area contributed by atoms with Gasteiger partial charge in [-0.1, -0.05) is 18.2 Å². The molecule has 0 radical (unpaired) electrons. The lowest BCUT2D eigenvalue weighted by Gasteiger charge is -2.18. The molecule has 7 heteroatoms. The monoisotopic (exact) mass is 392 g/mol. The molecule has 0 aliphatic carbocycles. The fourth-order valence-corrected chi connectivity index (χ4v) is 3.64. The Hall–Kier alpha value is -3.48. The van der Waals surface area contributed by atoms with Crippen molar-refractivity contribution in [2.75, 3.05) is 38.2 Å². The number of benzene rings is 2. The van der Waals surface area contributed by atoms with Crippen molar-refractivity contribution in [2.24, 2.45) is 0 Å². The Morgan fingerprint density at radius 3 is 2.72 bits per heavy atom. The van der Waals surface area contributed by atoms with E-state index in [4.69, 9.17) is 4.74 Å². The van der Waals surface area contributed by atoms with E-state index in [1.165, 1.54) is 10.9 Å². The number of aromatic amines is 1. The van der Waals surface area contributed by atoms with Crippen LogP contribution in [0.1, 0.15) is 5.56 Å². The highest BCUT2D eigenvalue weighted by molar-refractivity contribution is 5.96. The number of anilines is 1. The van der Waals surface area contributed by atoms with Gasteiger partial charge in [-0.25, -0.2) is 4.79 Å². The van der Waals surface area contributed by atoms with E-state index < -0.39 is 0 Å². The Morgan fingerprint density at radius 2 is 1.93 bits per heavy atom. The standard InChI is InChI=1S/C22H24N4O3/c1-29-18-8-6-17(7-9-18)26-13-12-25(22(26)28)15-21(27)23-11-10-16-14-24-20-5-3-2-4-19(16)20/h2-9,14,24H,10-13,15H2,1H3,(H,23,27). The molecule has 150 valence electrons. The van der Waals surface area contributed by atoms with Gasteiger partial charge in [0.05, 0.1) is 7.11 Å². The van der Waals surface area contributed by atoms with Gasteiger partial charge in [-0.15, -0.1) is 0 Å². The number of ether oxygens (including phenoxy) is 1. The first-order valence-corrected chi connectivity index (χ1v) is 9.68. The number of para-hydroxylation sites is 1. The highest BCUT2D eigenvalue weighted by atomic mass is 16.5. The molecule has 7 nitrogen and oxygen atoms in total. The number of fused-ring (bicyclic) bond motifs is 1. The maximum absolute atomic E-state index is 12.6. The number of nitrogens with one attached hydrogen (secondary N) is 2. The van der Waals surface area contributed by atoms with Gasteiger partial charge in [0, 0.05) is 42.4 Å². The average molecular weight is 392 g/mol. The Balaban J connectivity index is 1.28. The quantitative estimate of drug-likeness (QED) is 0.649. The summed E-state index contributed by atoms with van der Waals surface area (Å²) in [4.78, 5) is 31.4. The maximum Gasteiger partial charge on any atom is 0.325 e. The number of amides is 3. The number of hydrogen-bond donors (Lipinski definition) is 2. The molecule has 1 aliphatic rings. The van der Waals surface area contributed by atoms with Crippen molar-refractivity contribution in [2.45, 2.75) is 6.42 Å². The van der Waals surface area contributed by atoms with Crippen LogP contribution in [-0.4, -0.2) is 55.1 Å². The predicted molar refractivity (Wildman–Crippen MR) is 112 cm³/mol. The van der Waals surface area contributed by atoms with Crippen LogP contribution in [0.3, 0.4) is 0 Å². The fourth-order valence-electron chi connectivity index (χ4n) is 3.64. The van der Waals surface area contributed by atoms with Gasteiger partial charge in [0.1, 0.15) is 12.3 Å². The van der Waals surface area contributed by atoms with Crippen LogP contribution < -0.4 is 15.0 Å². The molecule has 0 spiro atoms. The Kier molecular flexibility index (Phi) is 5.37. The minimum absolute atomic E-state index is 0.0688. The highest BCUT2D eigenvalue weighted by Gasteiger charge is 2.30. The number of hydrogen-bond acceptors (Lipinski definition) is 3. The van der Waals surface area contributed by atoms with E-state index in [0.29, 0.717) is 19.6 Å². The summed E-state index contributed by atoms with van der Waals surface area (Å²) >= 11 is 0. The second kappa shape index (κ2) is 8.26. The number of aromatic nitrogens is 1. The smallest absolute Gasteiger partial charge is 0.325 e. The predicted octanol–water partition coefficient (Wildman–Crippen LogP) is 2.78. The molecule has 29 heavy (non-hydrogen) atoms. The lowest BCUT2D eigenvalue weighted by Crippen LogP contribution is -2.40. The van der Waals surface area contributed by atoms with Gasteiger partial charge in [0.25, 0.3) is 0 Å². The molecule has 0 unspecified atom stereocenters. The van der Waals surface area contributed by atoms with Crippen molar-refractivity contribution in [3.05, 3.63) is 60.3 Å². The Bertz CT molecular complexity index is 1010. The maximum atomic E-state index is 12.6. The second-order valence-corrected chi connectivity index (χ2v) is 7.01. The molecule has 2 aromatic carbocycles. The van der Waals surface area contributed by atoms with E-state index in [1.807, 2.05) is 48.7 Å². The number of rotatable bonds is 7. The number of methoxy groups -OCH3 is 1. The van der Waals surface area contributed by atoms with Gasteiger partial charge < -0.3 is 19.9 Å². The average Bonchev–Trinajstić information content (AvgIpc) is 3.32. The third kappa shape index (κ3) is 4.03. The van der Waals surface area contributed by atoms with Gasteiger partial charge in [-0.2, -0.15) is 0 Å². The molecule has 0 saturated carbocycles. The molecule has 3 amide bonds. The van der Waals surface area contributed by atoms with Crippen molar-refractivity contribution in [3.8, 4) is 5.75 Å². The van der Waals surface area contributed by atoms with Crippen molar-refractivity contribution >= 4 is 28.5 Å². The highest BCUT2D eigenvalue weighted by Crippen LogP contribution is 2.23. The van der Waals surface area contributed by atoms with Gasteiger partial charge in [0.15, 0.2) is 0 Å². The van der Waals surface area contributed by atoms with Crippen LogP contribution in [0.2, 0.25) is 0 Å². The van der Waals surface area contributed by atoms with Crippen LogP contribution in [-0.2, 0) is 11.2 Å². The SMILES string of the molecule is COc1ccc(N2CCN(CC(=O)NCCc3c[nH]c4ccccc34)C2=O)cc1. The lowest BCUT2D eigenvalue weighted by molar-refractivity contribution is -0.121. The molecular formula is C22H24N4O3. The number of nitrogens with zero attached hydrogens (tertiary/aromatic N) is 2. The summed E-state index contributed by atoms with van der Waals surface area (Å²) < 4.78 is 5.15. The minimum Gasteiger partial charge on any atom is -0.497 e. The van der Waals surface area contributed by atoms with Crippen LogP contribution in [0.15, 0.2) is 54.7 Å². The first-order valence-electron chi connectivity index (χ1n) is 9.68. The van der Waals surface area contributed by atoms with Crippen molar-refractivity contribution in [3.63, 3.8) is 0 Å². The third-order valence-corrected chi connectivity index (χ3v) is 5.20. The summed E-state index contributed by atoms with van der Waals surface area (Å²) in [5.74, 6) is 0.599. The minimum atomic E-state index is -0.151. The molecule has 3 aromatic rings. The Morgan fingerprint density at radius 1 is 1.14 bits per heavy atom. The number of urea groups is 1. The molecular weight excluding hydrogens is 368 g/mol. The first kappa shape index (κ1) is 18.9. The van der Waals surface area contributed by atoms with E-state index in [9.17, 15) is 9.59 Å². The topological polar surface area (TPSA) is 77.7 Å². The van der Waals surface area contributed by atoms with E-state index in [1.54, 1.807) is 16.9 Å². The van der Waals surface area contributed by atoms with Crippen LogP contribution in [0.5, 0.6) is 5.75 Å². The van der Waals surface area contributed by atoms with E-state index >= 15 is 0 Å². The third-order valence-electron chi connectivity index (χ3n) is 5.20. The molecule has 1 aromatic heterocycles. The summed E-state index contributed by atoms with van der Waals surface area (Å²) in [5, 5.41) is 4.09. The van der Waals surface area contributed by atoms with Gasteiger partial charge >= 0.3 is 6.03 Å². The number of carbonyl (C=O) groups excluding carboxylic acids is 2. The largest absolute Gasteiger partial charge is 0.497 e. The zero-order valence-corrected chi connectivity index (χ0v) is 16.4. The fraction of sp³-hybridized carbons (Fsp3) is 0.273. The van der Waals surface area contributed by atoms with Gasteiger partial charge in [-0.3, -0.25) is 9.69 Å². The van der Waals surface area contributed by atoms with E-state index in [-0.39, 0.29) is 18.5 Å². The molecule has 1 saturated heterocycles. The van der Waals surface area contributed by atoms with Crippen LogP contribution in [0.25, 0.3) is 10.9 Å². The summed E-state index contributed by atoms with van der Waals surface area (Å²) in [7, 11) is 1.61. The zero-order chi connectivity index (χ0) is 20.2. The lowest BCUT2D eigenvalue weighted by atomic mass is 10.1. The molecule has 0 bridgehead atoms. The molecule has 4 rings (SSSR count). The van der Waals surface area contributed by atoms with Crippen LogP contribution >= 0.6 is 0 Å². The van der Waals surface area contributed by atoms with Crippen LogP contribution in [0.4, 0.5) is 10.5 Å². The molecule has 1 fully saturated rings. The first-order chi connectivity index (χ1) is 14.2. The van der Waals surface area contributed by atoms with Crippen molar-refractivity contribution in [1.82, 2.24) is 15.2 Å². The summed E-state index contributed by atoms with van der Waals surface area (Å²) in [6.07, 6.45) is 2.72. The normalized spacial score (nSPS) is 13.9. The van der Waals surface area contributed by atoms with Gasteiger partial charge in [-0.05, 0) is 42.3 Å². The van der Waals surface area contributed by atoms with Crippen LogP contribution in [0, 0.1) is 0 Å². The Labute approximate surface area is 169 Å². The number of H-pyrrole nitrogens is 1. The summed E-state index contributed by atoms with van der Waals surface area (Å²) in [6, 6.07) is 15.3. The van der Waals surface area contributed by atoms with E-state index in [0.717, 1.165) is 23.4 Å². The van der Waals surface area contributed by atoms with Crippen molar-refractivity contribution in [1.29, 1.82) is 0 Å². The molecule has 0 atom stereocenters. The summed E-state index contributed by atoms with van der Waals surface area (Å²) in [5.41, 5.74) is 3.07. The molecule has 2 N–H and O–H groups in total. The van der Waals surface area contributed by atoms with Crippen molar-refractivity contribution < 1.29 is 14.3 Å². The zero-order valence-electron chi connectivity index (χ0n) is 16.4. The van der Waals surface area contributed by atoms with Gasteiger partial charge in [0.2, 0.25) is 5.91 Å². The van der Waals surface area contributed by atoms with E-state index in [2.05, 4.69) is 16.4 Å².